The van der Waals surface area contributed by atoms with E-state index in [9.17, 15) is 14.5 Å². The van der Waals surface area contributed by atoms with Crippen LogP contribution in [0.5, 0.6) is 5.75 Å². The van der Waals surface area contributed by atoms with Crippen LogP contribution in [0.15, 0.2) is 59.9 Å². The molecule has 0 unspecified atom stereocenters. The standard InChI is InChI=1S/C21H25N3O4/c1-15(2)13-19(21(26)16-9-11-18(28-3)12-10-16)22-20(25)14-24(23-27)17-7-5-4-6-8-17/h4-12,15,19H,13-14H2,1-3H3,(H,22,25)/t19-/m0/s1. The lowest BCUT2D eigenvalue weighted by Crippen LogP contribution is -2.45. The molecule has 0 saturated carbocycles. The third-order valence-electron chi connectivity index (χ3n) is 4.18. The third kappa shape index (κ3) is 5.90. The van der Waals surface area contributed by atoms with Gasteiger partial charge < -0.3 is 10.1 Å². The first-order valence-electron chi connectivity index (χ1n) is 9.08. The van der Waals surface area contributed by atoms with Gasteiger partial charge in [-0.2, -0.15) is 0 Å². The highest BCUT2D eigenvalue weighted by molar-refractivity contribution is 6.02. The summed E-state index contributed by atoms with van der Waals surface area (Å²) in [6, 6.07) is 14.7. The number of anilines is 1. The van der Waals surface area contributed by atoms with E-state index in [0.717, 1.165) is 5.01 Å². The number of hydrogen-bond donors (Lipinski definition) is 1. The number of nitroso groups, excluding NO2 is 1. The van der Waals surface area contributed by atoms with Crippen molar-refractivity contribution in [2.24, 2.45) is 11.2 Å². The molecule has 0 aliphatic carbocycles. The second-order valence-electron chi connectivity index (χ2n) is 6.82. The predicted octanol–water partition coefficient (Wildman–Crippen LogP) is 3.60. The van der Waals surface area contributed by atoms with Crippen molar-refractivity contribution in [3.05, 3.63) is 65.1 Å². The van der Waals surface area contributed by atoms with E-state index in [1.807, 2.05) is 13.8 Å². The molecular weight excluding hydrogens is 358 g/mol. The van der Waals surface area contributed by atoms with E-state index < -0.39 is 11.9 Å². The Morgan fingerprint density at radius 2 is 1.71 bits per heavy atom. The van der Waals surface area contributed by atoms with Gasteiger partial charge in [-0.1, -0.05) is 32.0 Å². The second-order valence-corrected chi connectivity index (χ2v) is 6.82. The Labute approximate surface area is 164 Å². The lowest BCUT2D eigenvalue weighted by Gasteiger charge is -2.21. The number of ether oxygens (including phenoxy) is 1. The van der Waals surface area contributed by atoms with Gasteiger partial charge in [0.05, 0.1) is 24.1 Å². The first-order chi connectivity index (χ1) is 13.4. The number of Topliss-reactive ketones (excluding diaryl/α,β-unsaturated/α-hetero) is 1. The van der Waals surface area contributed by atoms with Crippen LogP contribution in [-0.2, 0) is 4.79 Å². The highest BCUT2D eigenvalue weighted by Crippen LogP contribution is 2.17. The lowest BCUT2D eigenvalue weighted by atomic mass is 9.96. The summed E-state index contributed by atoms with van der Waals surface area (Å²) in [5, 5.41) is 6.72. The number of nitrogens with one attached hydrogen (secondary N) is 1. The zero-order chi connectivity index (χ0) is 20.5. The van der Waals surface area contributed by atoms with Crippen molar-refractivity contribution < 1.29 is 14.3 Å². The first-order valence-corrected chi connectivity index (χ1v) is 9.08. The Bertz CT molecular complexity index is 791. The molecule has 1 N–H and O–H groups in total. The summed E-state index contributed by atoms with van der Waals surface area (Å²) < 4.78 is 5.11. The van der Waals surface area contributed by atoms with Gasteiger partial charge >= 0.3 is 0 Å². The molecule has 0 aromatic heterocycles. The Morgan fingerprint density at radius 3 is 2.25 bits per heavy atom. The molecule has 7 heteroatoms. The summed E-state index contributed by atoms with van der Waals surface area (Å²) >= 11 is 0. The van der Waals surface area contributed by atoms with Crippen molar-refractivity contribution in [3.8, 4) is 5.75 Å². The molecule has 148 valence electrons. The quantitative estimate of drug-likeness (QED) is 0.385. The fourth-order valence-electron chi connectivity index (χ4n) is 2.80. The van der Waals surface area contributed by atoms with Gasteiger partial charge in [0.25, 0.3) is 0 Å². The van der Waals surface area contributed by atoms with Crippen LogP contribution in [0.3, 0.4) is 0 Å². The molecule has 7 nitrogen and oxygen atoms in total. The summed E-state index contributed by atoms with van der Waals surface area (Å²) in [5.74, 6) is 0.212. The van der Waals surface area contributed by atoms with Gasteiger partial charge in [0, 0.05) is 5.56 Å². The molecule has 28 heavy (non-hydrogen) atoms. The van der Waals surface area contributed by atoms with Crippen LogP contribution < -0.4 is 15.1 Å². The molecule has 0 bridgehead atoms. The number of amides is 1. The Morgan fingerprint density at radius 1 is 1.07 bits per heavy atom. The van der Waals surface area contributed by atoms with Crippen LogP contribution in [0.1, 0.15) is 30.6 Å². The van der Waals surface area contributed by atoms with Crippen LogP contribution in [0.4, 0.5) is 5.69 Å². The van der Waals surface area contributed by atoms with E-state index in [1.54, 1.807) is 61.7 Å². The highest BCUT2D eigenvalue weighted by Gasteiger charge is 2.24. The van der Waals surface area contributed by atoms with E-state index in [1.165, 1.54) is 0 Å². The molecule has 2 aromatic carbocycles. The van der Waals surface area contributed by atoms with Crippen molar-refractivity contribution in [1.82, 2.24) is 5.32 Å². The minimum atomic E-state index is -0.690. The monoisotopic (exact) mass is 383 g/mol. The number of carbonyl (C=O) groups is 2. The van der Waals surface area contributed by atoms with Gasteiger partial charge in [0.15, 0.2) is 5.78 Å². The van der Waals surface area contributed by atoms with Crippen LogP contribution in [0.2, 0.25) is 0 Å². The summed E-state index contributed by atoms with van der Waals surface area (Å²) in [6.07, 6.45) is 0.483. The van der Waals surface area contributed by atoms with E-state index in [-0.39, 0.29) is 18.2 Å². The summed E-state index contributed by atoms with van der Waals surface area (Å²) in [7, 11) is 1.55. The third-order valence-corrected chi connectivity index (χ3v) is 4.18. The number of carbonyl (C=O) groups excluding carboxylic acids is 2. The first kappa shape index (κ1) is 21.1. The lowest BCUT2D eigenvalue weighted by molar-refractivity contribution is -0.120. The minimum Gasteiger partial charge on any atom is -0.497 e. The zero-order valence-corrected chi connectivity index (χ0v) is 16.3. The van der Waals surface area contributed by atoms with Gasteiger partial charge in [-0.15, -0.1) is 4.91 Å². The maximum atomic E-state index is 12.9. The number of nitrogens with zero attached hydrogens (tertiary/aromatic N) is 2. The predicted molar refractivity (Wildman–Crippen MR) is 108 cm³/mol. The van der Waals surface area contributed by atoms with Gasteiger partial charge in [-0.05, 0) is 48.7 Å². The maximum Gasteiger partial charge on any atom is 0.242 e. The Hall–Kier alpha value is -3.22. The highest BCUT2D eigenvalue weighted by atomic mass is 16.5. The molecule has 2 aromatic rings. The molecule has 1 amide bonds. The molecule has 0 aliphatic heterocycles. The van der Waals surface area contributed by atoms with E-state index in [4.69, 9.17) is 4.74 Å². The van der Waals surface area contributed by atoms with Crippen LogP contribution in [-0.4, -0.2) is 31.4 Å². The average molecular weight is 383 g/mol. The number of ketones is 1. The molecule has 0 spiro atoms. The average Bonchev–Trinajstić information content (AvgIpc) is 2.71. The van der Waals surface area contributed by atoms with Crippen molar-refractivity contribution in [2.75, 3.05) is 18.7 Å². The van der Waals surface area contributed by atoms with Gasteiger partial charge in [0.1, 0.15) is 12.3 Å². The number of methoxy groups -OCH3 is 1. The second kappa shape index (κ2) is 10.2. The number of hydrogen-bond acceptors (Lipinski definition) is 5. The largest absolute Gasteiger partial charge is 0.497 e. The minimum absolute atomic E-state index is 0.185. The van der Waals surface area contributed by atoms with Crippen LogP contribution >= 0.6 is 0 Å². The van der Waals surface area contributed by atoms with Gasteiger partial charge in [0.2, 0.25) is 5.91 Å². The molecule has 0 radical (unpaired) electrons. The van der Waals surface area contributed by atoms with Crippen molar-refractivity contribution in [3.63, 3.8) is 0 Å². The Kier molecular flexibility index (Phi) is 7.68. The maximum absolute atomic E-state index is 12.9. The summed E-state index contributed by atoms with van der Waals surface area (Å²) in [6.45, 7) is 3.69. The Balaban J connectivity index is 2.10. The summed E-state index contributed by atoms with van der Waals surface area (Å²) in [5.41, 5.74) is 0.995. The van der Waals surface area contributed by atoms with E-state index in [0.29, 0.717) is 23.4 Å². The van der Waals surface area contributed by atoms with Crippen LogP contribution in [0, 0.1) is 10.8 Å². The fourth-order valence-corrected chi connectivity index (χ4v) is 2.80. The summed E-state index contributed by atoms with van der Waals surface area (Å²) in [4.78, 5) is 36.5. The van der Waals surface area contributed by atoms with Gasteiger partial charge in [-0.25, -0.2) is 5.01 Å². The molecule has 2 rings (SSSR count). The molecule has 0 aliphatic rings. The smallest absolute Gasteiger partial charge is 0.242 e. The van der Waals surface area contributed by atoms with Crippen molar-refractivity contribution >= 4 is 17.4 Å². The SMILES string of the molecule is COc1ccc(C(=O)[C@H](CC(C)C)NC(=O)CN(N=O)c2ccccc2)cc1. The number of benzene rings is 2. The van der Waals surface area contributed by atoms with Gasteiger partial charge in [-0.3, -0.25) is 9.59 Å². The molecule has 0 saturated heterocycles. The number of rotatable bonds is 10. The van der Waals surface area contributed by atoms with Crippen molar-refractivity contribution in [1.29, 1.82) is 0 Å². The zero-order valence-electron chi connectivity index (χ0n) is 16.3. The fraction of sp³-hybridized carbons (Fsp3) is 0.333. The molecule has 1 atom stereocenters. The molecule has 0 heterocycles. The molecular formula is C21H25N3O4. The van der Waals surface area contributed by atoms with Crippen molar-refractivity contribution in [2.45, 2.75) is 26.3 Å². The van der Waals surface area contributed by atoms with E-state index in [2.05, 4.69) is 10.6 Å². The van der Waals surface area contributed by atoms with E-state index >= 15 is 0 Å². The number of para-hydroxylation sites is 1. The van der Waals surface area contributed by atoms with Crippen LogP contribution in [0.25, 0.3) is 0 Å². The normalized spacial score (nSPS) is 11.6. The molecule has 0 fully saturated rings. The topological polar surface area (TPSA) is 88.1 Å².